The van der Waals surface area contributed by atoms with Crippen LogP contribution in [0.15, 0.2) is 42.7 Å². The molecule has 7 nitrogen and oxygen atoms in total. The van der Waals surface area contributed by atoms with Crippen LogP contribution < -0.4 is 19.5 Å². The molecule has 0 saturated heterocycles. The summed E-state index contributed by atoms with van der Waals surface area (Å²) in [6.07, 6.45) is 3.49. The second kappa shape index (κ2) is 7.49. The van der Waals surface area contributed by atoms with Gasteiger partial charge in [0.15, 0.2) is 17.3 Å². The minimum absolute atomic E-state index is 0.256. The van der Waals surface area contributed by atoms with Gasteiger partial charge in [-0.05, 0) is 38.1 Å². The van der Waals surface area contributed by atoms with Crippen LogP contribution in [-0.2, 0) is 0 Å². The Balaban J connectivity index is 1.40. The molecule has 0 aliphatic carbocycles. The quantitative estimate of drug-likeness (QED) is 0.672. The van der Waals surface area contributed by atoms with Crippen molar-refractivity contribution in [3.05, 3.63) is 54.0 Å². The first-order valence-electron chi connectivity index (χ1n) is 8.72. The van der Waals surface area contributed by atoms with Crippen molar-refractivity contribution in [2.24, 2.45) is 0 Å². The van der Waals surface area contributed by atoms with Gasteiger partial charge in [-0.15, -0.1) is 0 Å². The lowest BCUT2D eigenvalue weighted by Gasteiger charge is -2.13. The third kappa shape index (κ3) is 3.76. The van der Waals surface area contributed by atoms with Gasteiger partial charge < -0.3 is 19.5 Å². The Bertz CT molecular complexity index is 947. The van der Waals surface area contributed by atoms with Crippen LogP contribution in [0.5, 0.6) is 17.2 Å². The van der Waals surface area contributed by atoms with E-state index in [1.54, 1.807) is 12.4 Å². The normalized spacial score (nSPS) is 12.1. The Morgan fingerprint density at radius 3 is 2.85 bits per heavy atom. The lowest BCUT2D eigenvalue weighted by molar-refractivity contribution is 0.174. The maximum atomic E-state index is 5.79. The number of nitrogens with one attached hydrogen (secondary N) is 1. The van der Waals surface area contributed by atoms with E-state index in [0.29, 0.717) is 24.7 Å². The zero-order chi connectivity index (χ0) is 18.6. The molecule has 0 fully saturated rings. The van der Waals surface area contributed by atoms with Crippen LogP contribution in [0.4, 0.5) is 5.82 Å². The van der Waals surface area contributed by atoms with Crippen molar-refractivity contribution < 1.29 is 14.2 Å². The number of pyridine rings is 1. The highest BCUT2D eigenvalue weighted by atomic mass is 16.7. The Labute approximate surface area is 157 Å². The summed E-state index contributed by atoms with van der Waals surface area (Å²) in [7, 11) is 0. The molecule has 0 unspecified atom stereocenters. The van der Waals surface area contributed by atoms with E-state index in [1.165, 1.54) is 0 Å². The average molecular weight is 364 g/mol. The Morgan fingerprint density at radius 2 is 2.00 bits per heavy atom. The van der Waals surface area contributed by atoms with Gasteiger partial charge in [-0.25, -0.2) is 9.97 Å². The predicted molar refractivity (Wildman–Crippen MR) is 101 cm³/mol. The molecule has 0 radical (unpaired) electrons. The molecule has 3 heterocycles. The van der Waals surface area contributed by atoms with E-state index in [9.17, 15) is 0 Å². The van der Waals surface area contributed by atoms with Gasteiger partial charge in [0.2, 0.25) is 6.79 Å². The van der Waals surface area contributed by atoms with E-state index in [1.807, 2.05) is 44.2 Å². The first-order valence-corrected chi connectivity index (χ1v) is 8.72. The number of aromatic nitrogens is 3. The van der Waals surface area contributed by atoms with Gasteiger partial charge in [0.25, 0.3) is 0 Å². The van der Waals surface area contributed by atoms with Gasteiger partial charge in [-0.2, -0.15) is 0 Å². The van der Waals surface area contributed by atoms with Crippen LogP contribution in [0.25, 0.3) is 11.4 Å². The maximum absolute atomic E-state index is 5.79. The van der Waals surface area contributed by atoms with Gasteiger partial charge >= 0.3 is 0 Å². The molecule has 1 aliphatic rings. The molecule has 0 bridgehead atoms. The van der Waals surface area contributed by atoms with Crippen molar-refractivity contribution in [2.45, 2.75) is 13.8 Å². The molecule has 1 aliphatic heterocycles. The molecule has 0 saturated carbocycles. The number of nitrogens with zero attached hydrogens (tertiary/aromatic N) is 3. The summed E-state index contributed by atoms with van der Waals surface area (Å²) in [6, 6.07) is 9.38. The van der Waals surface area contributed by atoms with Gasteiger partial charge in [0.05, 0.1) is 6.54 Å². The van der Waals surface area contributed by atoms with E-state index >= 15 is 0 Å². The van der Waals surface area contributed by atoms with Crippen molar-refractivity contribution >= 4 is 5.82 Å². The first-order chi connectivity index (χ1) is 13.2. The summed E-state index contributed by atoms with van der Waals surface area (Å²) in [6.45, 7) is 5.34. The highest BCUT2D eigenvalue weighted by molar-refractivity contribution is 5.58. The number of hydrogen-bond acceptors (Lipinski definition) is 7. The fourth-order valence-electron chi connectivity index (χ4n) is 2.73. The van der Waals surface area contributed by atoms with E-state index in [0.717, 1.165) is 34.1 Å². The SMILES string of the molecule is Cc1nc(-c2cccnc2)nc(NCCOc2ccc3c(c2)OCO3)c1C. The van der Waals surface area contributed by atoms with Crippen LogP contribution in [0, 0.1) is 13.8 Å². The third-order valence-corrected chi connectivity index (χ3v) is 4.32. The standard InChI is InChI=1S/C20H20N4O3/c1-13-14(2)23-20(15-4-3-7-21-11-15)24-19(13)22-8-9-25-16-5-6-17-18(10-16)27-12-26-17/h3-7,10-11H,8-9,12H2,1-2H3,(H,22,23,24). The average Bonchev–Trinajstić information content (AvgIpc) is 3.16. The molecule has 1 aromatic carbocycles. The minimum atomic E-state index is 0.256. The van der Waals surface area contributed by atoms with Crippen molar-refractivity contribution in [1.29, 1.82) is 0 Å². The molecule has 1 N–H and O–H groups in total. The molecule has 3 aromatic rings. The first kappa shape index (κ1) is 17.1. The summed E-state index contributed by atoms with van der Waals surface area (Å²) < 4.78 is 16.4. The van der Waals surface area contributed by atoms with Gasteiger partial charge in [0, 0.05) is 35.3 Å². The fraction of sp³-hybridized carbons (Fsp3) is 0.250. The fourth-order valence-corrected chi connectivity index (χ4v) is 2.73. The van der Waals surface area contributed by atoms with E-state index in [-0.39, 0.29) is 6.79 Å². The third-order valence-electron chi connectivity index (χ3n) is 4.32. The maximum Gasteiger partial charge on any atom is 0.231 e. The van der Waals surface area contributed by atoms with E-state index in [4.69, 9.17) is 14.2 Å². The van der Waals surface area contributed by atoms with E-state index in [2.05, 4.69) is 20.3 Å². The summed E-state index contributed by atoms with van der Waals surface area (Å²) >= 11 is 0. The van der Waals surface area contributed by atoms with Crippen LogP contribution in [0.2, 0.25) is 0 Å². The number of anilines is 1. The van der Waals surface area contributed by atoms with Gasteiger partial charge in [-0.1, -0.05) is 0 Å². The number of benzene rings is 1. The number of hydrogen-bond donors (Lipinski definition) is 1. The molecule has 0 spiro atoms. The molecular weight excluding hydrogens is 344 g/mol. The van der Waals surface area contributed by atoms with Crippen LogP contribution >= 0.6 is 0 Å². The van der Waals surface area contributed by atoms with Gasteiger partial charge in [0.1, 0.15) is 18.2 Å². The lowest BCUT2D eigenvalue weighted by atomic mass is 10.2. The Morgan fingerprint density at radius 1 is 1.11 bits per heavy atom. The van der Waals surface area contributed by atoms with Crippen molar-refractivity contribution in [1.82, 2.24) is 15.0 Å². The summed E-state index contributed by atoms with van der Waals surface area (Å²) in [5, 5.41) is 3.33. The zero-order valence-corrected chi connectivity index (χ0v) is 15.2. The van der Waals surface area contributed by atoms with Crippen LogP contribution in [0.3, 0.4) is 0 Å². The summed E-state index contributed by atoms with van der Waals surface area (Å²) in [5.41, 5.74) is 2.84. The molecule has 2 aromatic heterocycles. The number of rotatable bonds is 6. The molecule has 4 rings (SSSR count). The van der Waals surface area contributed by atoms with E-state index < -0.39 is 0 Å². The molecule has 0 atom stereocenters. The topological polar surface area (TPSA) is 78.4 Å². The minimum Gasteiger partial charge on any atom is -0.492 e. The second-order valence-electron chi connectivity index (χ2n) is 6.14. The number of ether oxygens (including phenoxy) is 3. The Kier molecular flexibility index (Phi) is 4.74. The van der Waals surface area contributed by atoms with Crippen LogP contribution in [-0.4, -0.2) is 34.9 Å². The van der Waals surface area contributed by atoms with Crippen LogP contribution in [0.1, 0.15) is 11.3 Å². The summed E-state index contributed by atoms with van der Waals surface area (Å²) in [5.74, 6) is 3.66. The molecule has 0 amide bonds. The largest absolute Gasteiger partial charge is 0.492 e. The van der Waals surface area contributed by atoms with Gasteiger partial charge in [-0.3, -0.25) is 4.98 Å². The lowest BCUT2D eigenvalue weighted by Crippen LogP contribution is -2.14. The van der Waals surface area contributed by atoms with Crippen molar-refractivity contribution in [3.63, 3.8) is 0 Å². The Hall–Kier alpha value is -3.35. The molecule has 138 valence electrons. The molecule has 7 heteroatoms. The van der Waals surface area contributed by atoms with Crippen molar-refractivity contribution in [3.8, 4) is 28.6 Å². The molecule has 27 heavy (non-hydrogen) atoms. The monoisotopic (exact) mass is 364 g/mol. The predicted octanol–water partition coefficient (Wildman–Crippen LogP) is 3.38. The smallest absolute Gasteiger partial charge is 0.231 e. The highest BCUT2D eigenvalue weighted by Gasteiger charge is 2.14. The summed E-state index contributed by atoms with van der Waals surface area (Å²) in [4.78, 5) is 13.3. The van der Waals surface area contributed by atoms with Crippen molar-refractivity contribution in [2.75, 3.05) is 25.3 Å². The number of fused-ring (bicyclic) bond motifs is 1. The number of aryl methyl sites for hydroxylation is 1. The zero-order valence-electron chi connectivity index (χ0n) is 15.2. The highest BCUT2D eigenvalue weighted by Crippen LogP contribution is 2.35. The molecular formula is C20H20N4O3. The second-order valence-corrected chi connectivity index (χ2v) is 6.14.